The molecule has 1 aromatic carbocycles. The van der Waals surface area contributed by atoms with Crippen molar-refractivity contribution in [2.45, 2.75) is 50.4 Å². The molecular formula is C14H19F3O2S. The number of benzene rings is 1. The maximum atomic E-state index is 12.8. The minimum Gasteiger partial charge on any atom is -0.214 e. The van der Waals surface area contributed by atoms with Crippen molar-refractivity contribution in [3.63, 3.8) is 0 Å². The van der Waals surface area contributed by atoms with Gasteiger partial charge in [0.25, 0.3) is 9.84 Å². The Bertz CT molecular complexity index is 594. The van der Waals surface area contributed by atoms with Crippen LogP contribution in [0.4, 0.5) is 13.2 Å². The molecule has 0 saturated carbocycles. The van der Waals surface area contributed by atoms with Crippen molar-refractivity contribution in [2.24, 2.45) is 5.41 Å². The van der Waals surface area contributed by atoms with Gasteiger partial charge in [-0.1, -0.05) is 52.8 Å². The fraction of sp³-hybridized carbons (Fsp3) is 0.571. The zero-order valence-electron chi connectivity index (χ0n) is 12.2. The van der Waals surface area contributed by atoms with Crippen molar-refractivity contribution in [3.8, 4) is 0 Å². The lowest BCUT2D eigenvalue weighted by Crippen LogP contribution is -2.36. The van der Waals surface area contributed by atoms with E-state index < -0.39 is 31.1 Å². The predicted molar refractivity (Wildman–Crippen MR) is 72.2 cm³/mol. The Labute approximate surface area is 117 Å². The molecule has 2 nitrogen and oxygen atoms in total. The van der Waals surface area contributed by atoms with Crippen LogP contribution in [0.15, 0.2) is 29.2 Å². The number of hydrogen-bond acceptors (Lipinski definition) is 2. The molecule has 0 amide bonds. The maximum Gasteiger partial charge on any atom is 0.501 e. The smallest absolute Gasteiger partial charge is 0.214 e. The molecule has 1 aromatic rings. The first kappa shape index (κ1) is 17.0. The zero-order chi connectivity index (χ0) is 16.0. The molecule has 0 aliphatic heterocycles. The molecule has 0 spiro atoms. The SMILES string of the molecule is CC(C)(C)C(C)(C)c1ccccc1S(=O)(=O)C(F)(F)F. The maximum absolute atomic E-state index is 12.8. The molecule has 0 radical (unpaired) electrons. The van der Waals surface area contributed by atoms with E-state index in [0.717, 1.165) is 6.07 Å². The van der Waals surface area contributed by atoms with Crippen LogP contribution < -0.4 is 0 Å². The van der Waals surface area contributed by atoms with Crippen molar-refractivity contribution in [1.29, 1.82) is 0 Å². The summed E-state index contributed by atoms with van der Waals surface area (Å²) in [5.41, 5.74) is -6.24. The zero-order valence-corrected chi connectivity index (χ0v) is 13.0. The fourth-order valence-electron chi connectivity index (χ4n) is 1.75. The summed E-state index contributed by atoms with van der Waals surface area (Å²) in [7, 11) is -5.35. The summed E-state index contributed by atoms with van der Waals surface area (Å²) in [6.45, 7) is 9.09. The summed E-state index contributed by atoms with van der Waals surface area (Å²) in [5, 5.41) is 0. The van der Waals surface area contributed by atoms with Crippen molar-refractivity contribution >= 4 is 9.84 Å². The lowest BCUT2D eigenvalue weighted by Gasteiger charge is -2.40. The Hall–Kier alpha value is -1.04. The van der Waals surface area contributed by atoms with Crippen molar-refractivity contribution in [3.05, 3.63) is 29.8 Å². The average molecular weight is 308 g/mol. The van der Waals surface area contributed by atoms with Gasteiger partial charge < -0.3 is 0 Å². The monoisotopic (exact) mass is 308 g/mol. The fourth-order valence-corrected chi connectivity index (χ4v) is 2.87. The van der Waals surface area contributed by atoms with Gasteiger partial charge in [0, 0.05) is 0 Å². The summed E-state index contributed by atoms with van der Waals surface area (Å²) in [4.78, 5) is -0.660. The molecule has 114 valence electrons. The summed E-state index contributed by atoms with van der Waals surface area (Å²) in [5.74, 6) is 0. The molecule has 0 N–H and O–H groups in total. The van der Waals surface area contributed by atoms with E-state index in [1.807, 2.05) is 20.8 Å². The van der Waals surface area contributed by atoms with Crippen molar-refractivity contribution in [1.82, 2.24) is 0 Å². The molecule has 0 heterocycles. The van der Waals surface area contributed by atoms with E-state index in [-0.39, 0.29) is 5.56 Å². The molecule has 0 saturated heterocycles. The van der Waals surface area contributed by atoms with Crippen LogP contribution in [0.25, 0.3) is 0 Å². The number of hydrogen-bond donors (Lipinski definition) is 0. The molecule has 6 heteroatoms. The first-order chi connectivity index (χ1) is 8.73. The van der Waals surface area contributed by atoms with E-state index in [1.54, 1.807) is 19.9 Å². The van der Waals surface area contributed by atoms with Crippen LogP contribution in [0.2, 0.25) is 0 Å². The highest BCUT2D eigenvalue weighted by molar-refractivity contribution is 7.92. The van der Waals surface area contributed by atoms with E-state index in [0.29, 0.717) is 0 Å². The molecule has 0 aromatic heterocycles. The molecule has 0 atom stereocenters. The van der Waals surface area contributed by atoms with Gasteiger partial charge >= 0.3 is 5.51 Å². The summed E-state index contributed by atoms with van der Waals surface area (Å²) < 4.78 is 61.8. The lowest BCUT2D eigenvalue weighted by molar-refractivity contribution is -0.0437. The Morgan fingerprint density at radius 1 is 0.900 bits per heavy atom. The predicted octanol–water partition coefficient (Wildman–Crippen LogP) is 4.30. The highest BCUT2D eigenvalue weighted by Crippen LogP contribution is 2.45. The van der Waals surface area contributed by atoms with Crippen LogP contribution >= 0.6 is 0 Å². The second kappa shape index (κ2) is 4.76. The molecule has 0 aliphatic carbocycles. The number of rotatable bonds is 2. The molecule has 0 aliphatic rings. The van der Waals surface area contributed by atoms with E-state index in [9.17, 15) is 21.6 Å². The molecular weight excluding hydrogens is 289 g/mol. The third-order valence-electron chi connectivity index (χ3n) is 4.03. The third-order valence-corrected chi connectivity index (χ3v) is 5.57. The van der Waals surface area contributed by atoms with E-state index in [4.69, 9.17) is 0 Å². The average Bonchev–Trinajstić information content (AvgIpc) is 2.26. The Morgan fingerprint density at radius 3 is 1.75 bits per heavy atom. The standard InChI is InChI=1S/C14H19F3O2S/c1-12(2,3)13(4,5)10-8-6-7-9-11(10)20(18,19)14(15,16)17/h6-9H,1-5H3. The molecule has 1 rings (SSSR count). The Balaban J connectivity index is 3.65. The third kappa shape index (κ3) is 2.71. The lowest BCUT2D eigenvalue weighted by atomic mass is 9.65. The molecule has 0 fully saturated rings. The van der Waals surface area contributed by atoms with Crippen LogP contribution in [0.3, 0.4) is 0 Å². The number of alkyl halides is 3. The van der Waals surface area contributed by atoms with Gasteiger partial charge in [-0.2, -0.15) is 13.2 Å². The van der Waals surface area contributed by atoms with Gasteiger partial charge in [-0.25, -0.2) is 8.42 Å². The molecule has 20 heavy (non-hydrogen) atoms. The topological polar surface area (TPSA) is 34.1 Å². The first-order valence-corrected chi connectivity index (χ1v) is 7.62. The quantitative estimate of drug-likeness (QED) is 0.816. The Morgan fingerprint density at radius 2 is 1.35 bits per heavy atom. The van der Waals surface area contributed by atoms with Gasteiger partial charge in [-0.3, -0.25) is 0 Å². The van der Waals surface area contributed by atoms with Crippen LogP contribution in [-0.2, 0) is 15.3 Å². The normalized spacial score (nSPS) is 14.4. The first-order valence-electron chi connectivity index (χ1n) is 6.14. The van der Waals surface area contributed by atoms with Gasteiger partial charge in [0.2, 0.25) is 0 Å². The van der Waals surface area contributed by atoms with Crippen molar-refractivity contribution < 1.29 is 21.6 Å². The van der Waals surface area contributed by atoms with Gasteiger partial charge in [-0.15, -0.1) is 0 Å². The second-order valence-corrected chi connectivity index (χ2v) is 8.23. The van der Waals surface area contributed by atoms with Gasteiger partial charge in [0.15, 0.2) is 0 Å². The highest BCUT2D eigenvalue weighted by Gasteiger charge is 2.49. The van der Waals surface area contributed by atoms with Crippen LogP contribution in [0.5, 0.6) is 0 Å². The highest BCUT2D eigenvalue weighted by atomic mass is 32.2. The minimum atomic E-state index is -5.35. The molecule has 0 bridgehead atoms. The van der Waals surface area contributed by atoms with Crippen LogP contribution in [0, 0.1) is 5.41 Å². The summed E-state index contributed by atoms with van der Waals surface area (Å²) in [6, 6.07) is 5.33. The van der Waals surface area contributed by atoms with E-state index in [1.165, 1.54) is 12.1 Å². The largest absolute Gasteiger partial charge is 0.501 e. The summed E-state index contributed by atoms with van der Waals surface area (Å²) >= 11 is 0. The summed E-state index contributed by atoms with van der Waals surface area (Å²) in [6.07, 6.45) is 0. The van der Waals surface area contributed by atoms with E-state index >= 15 is 0 Å². The number of halogens is 3. The molecule has 0 unspecified atom stereocenters. The van der Waals surface area contributed by atoms with Gasteiger partial charge in [0.1, 0.15) is 0 Å². The minimum absolute atomic E-state index is 0.185. The van der Waals surface area contributed by atoms with Crippen LogP contribution in [0.1, 0.15) is 40.2 Å². The van der Waals surface area contributed by atoms with Crippen LogP contribution in [-0.4, -0.2) is 13.9 Å². The Kier molecular flexibility index (Phi) is 4.05. The number of sulfone groups is 1. The second-order valence-electron chi connectivity index (χ2n) is 6.32. The van der Waals surface area contributed by atoms with Gasteiger partial charge in [-0.05, 0) is 22.5 Å². The van der Waals surface area contributed by atoms with Gasteiger partial charge in [0.05, 0.1) is 4.90 Å². The van der Waals surface area contributed by atoms with E-state index in [2.05, 4.69) is 0 Å². The van der Waals surface area contributed by atoms with Crippen molar-refractivity contribution in [2.75, 3.05) is 0 Å².